The zero-order valence-electron chi connectivity index (χ0n) is 26.9. The second-order valence-electron chi connectivity index (χ2n) is 11.0. The number of anilines is 1. The second kappa shape index (κ2) is 17.2. The Labute approximate surface area is 262 Å². The topological polar surface area (TPSA) is 106 Å². The summed E-state index contributed by atoms with van der Waals surface area (Å²) in [5, 5.41) is 0.438. The van der Waals surface area contributed by atoms with Crippen molar-refractivity contribution in [3.63, 3.8) is 0 Å². The number of carbonyl (C=O) groups excluding carboxylic acids is 2. The molecule has 0 aliphatic rings. The minimum Gasteiger partial charge on any atom is -0.494 e. The number of amides is 1. The van der Waals surface area contributed by atoms with E-state index < -0.39 is 16.1 Å². The number of rotatable bonds is 19. The Hall–Kier alpha value is -3.37. The molecular formula is C34H48N2O7S. The predicted octanol–water partition coefficient (Wildman–Crippen LogP) is 7.60. The number of ether oxygens (including phenoxy) is 2. The van der Waals surface area contributed by atoms with Crippen LogP contribution in [-0.4, -0.2) is 64.3 Å². The third-order valence-corrected chi connectivity index (χ3v) is 8.41. The van der Waals surface area contributed by atoms with Gasteiger partial charge in [0.05, 0.1) is 30.7 Å². The highest BCUT2D eigenvalue weighted by molar-refractivity contribution is 7.92. The molecule has 0 saturated heterocycles. The largest absolute Gasteiger partial charge is 0.494 e. The maximum atomic E-state index is 13.9. The summed E-state index contributed by atoms with van der Waals surface area (Å²) in [6, 6.07) is 11.6. The van der Waals surface area contributed by atoms with Gasteiger partial charge in [-0.05, 0) is 88.2 Å². The number of carbonyl (C=O) groups is 2. The van der Waals surface area contributed by atoms with Crippen LogP contribution in [0.15, 0.2) is 46.9 Å². The van der Waals surface area contributed by atoms with Gasteiger partial charge in [0, 0.05) is 23.9 Å². The van der Waals surface area contributed by atoms with Gasteiger partial charge in [-0.2, -0.15) is 4.31 Å². The van der Waals surface area contributed by atoms with Crippen LogP contribution in [-0.2, 0) is 21.2 Å². The van der Waals surface area contributed by atoms with Crippen molar-refractivity contribution in [1.29, 1.82) is 0 Å². The maximum Gasteiger partial charge on any atom is 0.428 e. The fraction of sp³-hybridized carbons (Fsp3) is 0.529. The Morgan fingerprint density at radius 3 is 2.07 bits per heavy atom. The van der Waals surface area contributed by atoms with Crippen LogP contribution < -0.4 is 9.04 Å². The molecule has 0 spiro atoms. The van der Waals surface area contributed by atoms with E-state index in [0.29, 0.717) is 50.9 Å². The molecule has 44 heavy (non-hydrogen) atoms. The highest BCUT2D eigenvalue weighted by atomic mass is 32.2. The number of ketones is 1. The van der Waals surface area contributed by atoms with E-state index in [0.717, 1.165) is 45.2 Å². The number of hydrogen-bond donors (Lipinski definition) is 0. The molecule has 0 unspecified atom stereocenters. The SMILES string of the molecule is CCCCc1oc2ccc(N(C(=O)OCC)S(C)(=O)=O)cc2c1C(=O)c1ccc(OCCCN(CCCC)CCCC)cc1. The van der Waals surface area contributed by atoms with Crippen LogP contribution in [0, 0.1) is 0 Å². The molecule has 0 saturated carbocycles. The molecule has 0 bridgehead atoms. The zero-order valence-corrected chi connectivity index (χ0v) is 27.7. The van der Waals surface area contributed by atoms with E-state index >= 15 is 0 Å². The summed E-state index contributed by atoms with van der Waals surface area (Å²) in [5.74, 6) is 0.976. The van der Waals surface area contributed by atoms with Gasteiger partial charge in [-0.25, -0.2) is 13.2 Å². The van der Waals surface area contributed by atoms with Crippen molar-refractivity contribution in [2.75, 3.05) is 43.4 Å². The Morgan fingerprint density at radius 2 is 1.48 bits per heavy atom. The lowest BCUT2D eigenvalue weighted by atomic mass is 9.98. The molecule has 0 radical (unpaired) electrons. The quantitative estimate of drug-likeness (QED) is 0.0987. The summed E-state index contributed by atoms with van der Waals surface area (Å²) >= 11 is 0. The van der Waals surface area contributed by atoms with Crippen LogP contribution >= 0.6 is 0 Å². The van der Waals surface area contributed by atoms with E-state index in [-0.39, 0.29) is 18.1 Å². The highest BCUT2D eigenvalue weighted by Gasteiger charge is 2.29. The molecular weight excluding hydrogens is 580 g/mol. The number of sulfonamides is 1. The van der Waals surface area contributed by atoms with Gasteiger partial charge in [-0.15, -0.1) is 0 Å². The monoisotopic (exact) mass is 628 g/mol. The first-order chi connectivity index (χ1) is 21.1. The van der Waals surface area contributed by atoms with E-state index in [1.165, 1.54) is 37.8 Å². The molecule has 0 atom stereocenters. The number of hydrogen-bond acceptors (Lipinski definition) is 8. The van der Waals surface area contributed by atoms with Crippen molar-refractivity contribution in [1.82, 2.24) is 4.90 Å². The van der Waals surface area contributed by atoms with Crippen LogP contribution in [0.4, 0.5) is 10.5 Å². The van der Waals surface area contributed by atoms with E-state index in [1.807, 2.05) is 0 Å². The summed E-state index contributed by atoms with van der Waals surface area (Å²) in [7, 11) is -4.00. The molecule has 3 aromatic rings. The number of fused-ring (bicyclic) bond motifs is 1. The minimum atomic E-state index is -4.00. The van der Waals surface area contributed by atoms with E-state index in [2.05, 4.69) is 25.7 Å². The molecule has 0 aliphatic carbocycles. The van der Waals surface area contributed by atoms with Crippen molar-refractivity contribution >= 4 is 38.6 Å². The number of benzene rings is 2. The van der Waals surface area contributed by atoms with Crippen molar-refractivity contribution in [3.8, 4) is 5.75 Å². The summed E-state index contributed by atoms with van der Waals surface area (Å²) in [4.78, 5) is 29.0. The van der Waals surface area contributed by atoms with Gasteiger partial charge in [-0.3, -0.25) is 4.79 Å². The van der Waals surface area contributed by atoms with Crippen molar-refractivity contribution in [3.05, 3.63) is 59.4 Å². The minimum absolute atomic E-state index is 0.0137. The highest BCUT2D eigenvalue weighted by Crippen LogP contribution is 2.34. The van der Waals surface area contributed by atoms with Gasteiger partial charge in [0.2, 0.25) is 10.0 Å². The Morgan fingerprint density at radius 1 is 0.841 bits per heavy atom. The molecule has 9 nitrogen and oxygen atoms in total. The second-order valence-corrected chi connectivity index (χ2v) is 12.8. The first-order valence-electron chi connectivity index (χ1n) is 15.9. The van der Waals surface area contributed by atoms with Gasteiger partial charge in [0.25, 0.3) is 0 Å². The fourth-order valence-electron chi connectivity index (χ4n) is 5.06. The van der Waals surface area contributed by atoms with Gasteiger partial charge < -0.3 is 18.8 Å². The predicted molar refractivity (Wildman–Crippen MR) is 175 cm³/mol. The number of unbranched alkanes of at least 4 members (excludes halogenated alkanes) is 3. The van der Waals surface area contributed by atoms with Crippen LogP contribution in [0.5, 0.6) is 5.75 Å². The first-order valence-corrected chi connectivity index (χ1v) is 17.7. The Bertz CT molecular complexity index is 1460. The zero-order chi connectivity index (χ0) is 32.1. The molecule has 0 aliphatic heterocycles. The van der Waals surface area contributed by atoms with Crippen LogP contribution in [0.1, 0.15) is 94.3 Å². The fourth-order valence-corrected chi connectivity index (χ4v) is 5.88. The number of aryl methyl sites for hydroxylation is 1. The molecule has 10 heteroatoms. The molecule has 1 amide bonds. The molecule has 3 rings (SSSR count). The van der Waals surface area contributed by atoms with Gasteiger partial charge in [0.1, 0.15) is 17.1 Å². The van der Waals surface area contributed by atoms with E-state index in [9.17, 15) is 18.0 Å². The number of nitrogens with zero attached hydrogens (tertiary/aromatic N) is 2. The van der Waals surface area contributed by atoms with Crippen LogP contribution in [0.2, 0.25) is 0 Å². The van der Waals surface area contributed by atoms with Crippen LogP contribution in [0.25, 0.3) is 11.0 Å². The third kappa shape index (κ3) is 9.56. The van der Waals surface area contributed by atoms with Gasteiger partial charge >= 0.3 is 6.09 Å². The molecule has 1 heterocycles. The van der Waals surface area contributed by atoms with Gasteiger partial charge in [-0.1, -0.05) is 40.0 Å². The standard InChI is InChI=1S/C34H48N2O7S/c1-6-10-14-31-32(29-25-27(17-20-30(29)43-31)36(44(5,39)40)34(38)41-9-4)33(37)26-15-18-28(19-16-26)42-24-13-23-35(21-11-7-2)22-12-8-3/h15-20,25H,6-14,21-24H2,1-5H3. The summed E-state index contributed by atoms with van der Waals surface area (Å²) in [6.07, 6.45) is 7.89. The van der Waals surface area contributed by atoms with E-state index in [1.54, 1.807) is 37.3 Å². The normalized spacial score (nSPS) is 11.7. The van der Waals surface area contributed by atoms with Crippen molar-refractivity contribution in [2.45, 2.75) is 79.1 Å². The summed E-state index contributed by atoms with van der Waals surface area (Å²) < 4.78 is 42.8. The molecule has 1 aromatic heterocycles. The first kappa shape index (κ1) is 35.1. The van der Waals surface area contributed by atoms with Crippen molar-refractivity contribution in [2.24, 2.45) is 0 Å². The lowest BCUT2D eigenvalue weighted by molar-refractivity contribution is 0.103. The third-order valence-electron chi connectivity index (χ3n) is 7.39. The number of furan rings is 1. The van der Waals surface area contributed by atoms with Gasteiger partial charge in [0.15, 0.2) is 5.78 Å². The smallest absolute Gasteiger partial charge is 0.428 e. The van der Waals surface area contributed by atoms with E-state index in [4.69, 9.17) is 13.9 Å². The summed E-state index contributed by atoms with van der Waals surface area (Å²) in [5.41, 5.74) is 1.33. The lowest BCUT2D eigenvalue weighted by Crippen LogP contribution is -2.36. The Kier molecular flexibility index (Phi) is 13.7. The average molecular weight is 629 g/mol. The molecule has 0 fully saturated rings. The summed E-state index contributed by atoms with van der Waals surface area (Å²) in [6.45, 7) is 11.9. The van der Waals surface area contributed by atoms with Crippen LogP contribution in [0.3, 0.4) is 0 Å². The molecule has 2 aromatic carbocycles. The molecule has 242 valence electrons. The molecule has 0 N–H and O–H groups in total. The maximum absolute atomic E-state index is 13.9. The lowest BCUT2D eigenvalue weighted by Gasteiger charge is -2.21. The Balaban J connectivity index is 1.83. The van der Waals surface area contributed by atoms with Crippen molar-refractivity contribution < 1.29 is 31.9 Å². The average Bonchev–Trinajstić information content (AvgIpc) is 3.36.